The zero-order chi connectivity index (χ0) is 21.1. The highest BCUT2D eigenvalue weighted by molar-refractivity contribution is 6.02. The summed E-state index contributed by atoms with van der Waals surface area (Å²) in [7, 11) is 2.43. The molecule has 0 aromatic heterocycles. The molecule has 0 amide bonds. The Kier molecular flexibility index (Phi) is 6.12. The summed E-state index contributed by atoms with van der Waals surface area (Å²) in [6.07, 6.45) is 0.0118. The molecule has 0 atom stereocenters. The van der Waals surface area contributed by atoms with Crippen molar-refractivity contribution in [2.75, 3.05) is 14.2 Å². The second kappa shape index (κ2) is 8.00. The van der Waals surface area contributed by atoms with Gasteiger partial charge in [0.15, 0.2) is 5.41 Å². The first-order valence-electron chi connectivity index (χ1n) is 8.92. The zero-order valence-corrected chi connectivity index (χ0v) is 17.0. The van der Waals surface area contributed by atoms with E-state index in [1.54, 1.807) is 32.9 Å². The van der Waals surface area contributed by atoms with Crippen LogP contribution in [0.2, 0.25) is 0 Å². The molecule has 0 N–H and O–H groups in total. The minimum Gasteiger partial charge on any atom is -0.468 e. The lowest BCUT2D eigenvalue weighted by molar-refractivity contribution is -0.168. The second-order valence-electron chi connectivity index (χ2n) is 7.84. The van der Waals surface area contributed by atoms with Crippen molar-refractivity contribution in [1.29, 1.82) is 0 Å². The van der Waals surface area contributed by atoms with Gasteiger partial charge in [-0.3, -0.25) is 14.4 Å². The summed E-state index contributed by atoms with van der Waals surface area (Å²) in [5.41, 5.74) is -0.565. The molecule has 0 saturated heterocycles. The van der Waals surface area contributed by atoms with Crippen LogP contribution in [0, 0.1) is 10.8 Å². The van der Waals surface area contributed by atoms with E-state index in [4.69, 9.17) is 14.2 Å². The molecule has 1 aliphatic carbocycles. The SMILES string of the molecule is C=C1CC(C(=O)OC)(C(=O)OC)C/C1=C(\OC(=O)C(C)(C)C)c1ccccc1. The highest BCUT2D eigenvalue weighted by atomic mass is 16.5. The molecule has 1 aromatic rings. The lowest BCUT2D eigenvalue weighted by Crippen LogP contribution is -2.38. The van der Waals surface area contributed by atoms with Gasteiger partial charge in [-0.1, -0.05) is 36.9 Å². The van der Waals surface area contributed by atoms with Crippen LogP contribution in [0.5, 0.6) is 0 Å². The summed E-state index contributed by atoms with van der Waals surface area (Å²) < 4.78 is 15.5. The van der Waals surface area contributed by atoms with Gasteiger partial charge in [0.05, 0.1) is 19.6 Å². The molecule has 150 valence electrons. The van der Waals surface area contributed by atoms with Crippen molar-refractivity contribution in [2.24, 2.45) is 10.8 Å². The quantitative estimate of drug-likeness (QED) is 0.340. The largest absolute Gasteiger partial charge is 0.468 e. The van der Waals surface area contributed by atoms with Crippen molar-refractivity contribution >= 4 is 23.7 Å². The fourth-order valence-electron chi connectivity index (χ4n) is 3.09. The first-order chi connectivity index (χ1) is 13.1. The Labute approximate surface area is 165 Å². The molecule has 6 nitrogen and oxygen atoms in total. The average molecular weight is 386 g/mol. The highest BCUT2D eigenvalue weighted by Gasteiger charge is 2.54. The van der Waals surface area contributed by atoms with Gasteiger partial charge in [-0.15, -0.1) is 0 Å². The Balaban J connectivity index is 2.62. The predicted octanol–water partition coefficient (Wildman–Crippen LogP) is 3.67. The van der Waals surface area contributed by atoms with Crippen LogP contribution < -0.4 is 0 Å². The molecule has 0 aliphatic heterocycles. The Hall–Kier alpha value is -2.89. The number of methoxy groups -OCH3 is 2. The van der Waals surface area contributed by atoms with Crippen molar-refractivity contribution in [2.45, 2.75) is 33.6 Å². The van der Waals surface area contributed by atoms with Crippen molar-refractivity contribution in [3.8, 4) is 0 Å². The van der Waals surface area contributed by atoms with Gasteiger partial charge < -0.3 is 14.2 Å². The van der Waals surface area contributed by atoms with Crippen LogP contribution in [-0.2, 0) is 28.6 Å². The van der Waals surface area contributed by atoms with Crippen LogP contribution in [0.15, 0.2) is 48.1 Å². The number of hydrogen-bond donors (Lipinski definition) is 0. The fourth-order valence-corrected chi connectivity index (χ4v) is 3.09. The molecule has 0 radical (unpaired) electrons. The number of esters is 3. The number of rotatable bonds is 4. The maximum absolute atomic E-state index is 12.6. The Morgan fingerprint density at radius 1 is 0.964 bits per heavy atom. The monoisotopic (exact) mass is 386 g/mol. The molecule has 0 unspecified atom stereocenters. The molecule has 0 heterocycles. The standard InChI is InChI=1S/C22H26O6/c1-14-12-22(19(24)26-5,20(25)27-6)13-16(14)17(15-10-8-7-9-11-15)28-18(23)21(2,3)4/h7-11H,1,12-13H2,2-6H3/b17-16+. The van der Waals surface area contributed by atoms with Crippen LogP contribution in [0.25, 0.3) is 5.76 Å². The van der Waals surface area contributed by atoms with Gasteiger partial charge in [0.2, 0.25) is 0 Å². The molecule has 2 rings (SSSR count). The van der Waals surface area contributed by atoms with Crippen LogP contribution in [-0.4, -0.2) is 32.1 Å². The van der Waals surface area contributed by atoms with E-state index in [9.17, 15) is 14.4 Å². The van der Waals surface area contributed by atoms with Gasteiger partial charge in [0.25, 0.3) is 0 Å². The lowest BCUT2D eigenvalue weighted by Gasteiger charge is -2.22. The predicted molar refractivity (Wildman–Crippen MR) is 104 cm³/mol. The van der Waals surface area contributed by atoms with Crippen molar-refractivity contribution in [1.82, 2.24) is 0 Å². The molecule has 6 heteroatoms. The first-order valence-corrected chi connectivity index (χ1v) is 8.92. The van der Waals surface area contributed by atoms with E-state index < -0.39 is 28.7 Å². The minimum absolute atomic E-state index is 0.0210. The summed E-state index contributed by atoms with van der Waals surface area (Å²) in [5.74, 6) is -1.55. The Morgan fingerprint density at radius 2 is 1.50 bits per heavy atom. The molecular formula is C22H26O6. The van der Waals surface area contributed by atoms with Gasteiger partial charge in [0, 0.05) is 12.0 Å². The number of ether oxygens (including phenoxy) is 3. The van der Waals surface area contributed by atoms with Crippen LogP contribution in [0.3, 0.4) is 0 Å². The topological polar surface area (TPSA) is 78.9 Å². The number of hydrogen-bond acceptors (Lipinski definition) is 6. The number of benzene rings is 1. The highest BCUT2D eigenvalue weighted by Crippen LogP contribution is 2.49. The van der Waals surface area contributed by atoms with Crippen LogP contribution >= 0.6 is 0 Å². The Morgan fingerprint density at radius 3 is 1.96 bits per heavy atom. The maximum Gasteiger partial charge on any atom is 0.323 e. The number of carbonyl (C=O) groups excluding carboxylic acids is 3. The van der Waals surface area contributed by atoms with E-state index in [-0.39, 0.29) is 12.8 Å². The molecule has 1 aromatic carbocycles. The van der Waals surface area contributed by atoms with Gasteiger partial charge in [-0.25, -0.2) is 0 Å². The van der Waals surface area contributed by atoms with Gasteiger partial charge >= 0.3 is 17.9 Å². The molecule has 1 aliphatic rings. The minimum atomic E-state index is -1.54. The number of allylic oxidation sites excluding steroid dienone is 2. The van der Waals surface area contributed by atoms with E-state index >= 15 is 0 Å². The zero-order valence-electron chi connectivity index (χ0n) is 17.0. The second-order valence-corrected chi connectivity index (χ2v) is 7.84. The molecule has 0 spiro atoms. The maximum atomic E-state index is 12.6. The average Bonchev–Trinajstić information content (AvgIpc) is 3.02. The molecule has 0 bridgehead atoms. The summed E-state index contributed by atoms with van der Waals surface area (Å²) in [6, 6.07) is 9.05. The smallest absolute Gasteiger partial charge is 0.323 e. The van der Waals surface area contributed by atoms with Crippen molar-refractivity contribution in [3.05, 3.63) is 53.6 Å². The molecule has 1 fully saturated rings. The molecule has 1 saturated carbocycles. The van der Waals surface area contributed by atoms with Crippen molar-refractivity contribution < 1.29 is 28.6 Å². The lowest BCUT2D eigenvalue weighted by atomic mass is 9.85. The fraction of sp³-hybridized carbons (Fsp3) is 0.409. The van der Waals surface area contributed by atoms with E-state index in [0.717, 1.165) is 0 Å². The first kappa shape index (κ1) is 21.4. The normalized spacial score (nSPS) is 17.7. The van der Waals surface area contributed by atoms with E-state index in [2.05, 4.69) is 6.58 Å². The summed E-state index contributed by atoms with van der Waals surface area (Å²) in [5, 5.41) is 0. The molecular weight excluding hydrogens is 360 g/mol. The van der Waals surface area contributed by atoms with Crippen molar-refractivity contribution in [3.63, 3.8) is 0 Å². The van der Waals surface area contributed by atoms with Gasteiger partial charge in [-0.2, -0.15) is 0 Å². The third-order valence-electron chi connectivity index (χ3n) is 4.69. The third kappa shape index (κ3) is 4.01. The summed E-state index contributed by atoms with van der Waals surface area (Å²) in [4.78, 5) is 37.5. The van der Waals surface area contributed by atoms with Crippen LogP contribution in [0.1, 0.15) is 39.2 Å². The van der Waals surface area contributed by atoms with E-state index in [0.29, 0.717) is 22.5 Å². The van der Waals surface area contributed by atoms with E-state index in [1.807, 2.05) is 18.2 Å². The third-order valence-corrected chi connectivity index (χ3v) is 4.69. The molecule has 28 heavy (non-hydrogen) atoms. The van der Waals surface area contributed by atoms with Gasteiger partial charge in [-0.05, 0) is 38.3 Å². The summed E-state index contributed by atoms with van der Waals surface area (Å²) in [6.45, 7) is 9.26. The van der Waals surface area contributed by atoms with Crippen LogP contribution in [0.4, 0.5) is 0 Å². The number of carbonyl (C=O) groups is 3. The van der Waals surface area contributed by atoms with Gasteiger partial charge in [0.1, 0.15) is 5.76 Å². The van der Waals surface area contributed by atoms with E-state index in [1.165, 1.54) is 14.2 Å². The summed E-state index contributed by atoms with van der Waals surface area (Å²) >= 11 is 0. The Bertz CT molecular complexity index is 810.